The summed E-state index contributed by atoms with van der Waals surface area (Å²) in [6.45, 7) is 2.59. The maximum Gasteiger partial charge on any atom is 0.336 e. The van der Waals surface area contributed by atoms with E-state index in [-0.39, 0.29) is 5.63 Å². The second-order valence-electron chi connectivity index (χ2n) is 4.95. The van der Waals surface area contributed by atoms with Gasteiger partial charge in [0.05, 0.1) is 6.61 Å². The summed E-state index contributed by atoms with van der Waals surface area (Å²) in [7, 11) is 1.34. The summed E-state index contributed by atoms with van der Waals surface area (Å²) in [5.41, 5.74) is 0.176. The van der Waals surface area contributed by atoms with Crippen molar-refractivity contribution < 1.29 is 18.0 Å². The highest BCUT2D eigenvalue weighted by Crippen LogP contribution is 2.20. The third-order valence-corrected chi connectivity index (χ3v) is 6.49. The second-order valence-corrected chi connectivity index (χ2v) is 8.53. The van der Waals surface area contributed by atoms with Crippen LogP contribution < -0.4 is 10.4 Å². The summed E-state index contributed by atoms with van der Waals surface area (Å²) in [6.07, 6.45) is 0.848. The van der Waals surface area contributed by atoms with Crippen LogP contribution in [0, 0.1) is 0 Å². The molecule has 2 rings (SSSR count). The van der Waals surface area contributed by atoms with Crippen LogP contribution >= 0.6 is 0 Å². The van der Waals surface area contributed by atoms with E-state index in [0.29, 0.717) is 17.9 Å². The minimum Gasteiger partial charge on any atom is -0.493 e. The van der Waals surface area contributed by atoms with Crippen LogP contribution in [0.25, 0.3) is 11.0 Å². The van der Waals surface area contributed by atoms with Gasteiger partial charge >= 0.3 is 14.2 Å². The van der Waals surface area contributed by atoms with E-state index in [2.05, 4.69) is 0 Å². The van der Waals surface area contributed by atoms with Crippen LogP contribution in [0.3, 0.4) is 0 Å². The van der Waals surface area contributed by atoms with E-state index in [0.717, 1.165) is 17.9 Å². The molecule has 0 aliphatic heterocycles. The summed E-state index contributed by atoms with van der Waals surface area (Å²) in [4.78, 5) is 11.2. The number of rotatable bonds is 7. The van der Waals surface area contributed by atoms with E-state index in [1.807, 2.05) is 18.7 Å². The Kier molecular flexibility index (Phi) is 5.16. The molecule has 6 heteroatoms. The Balaban J connectivity index is 1.93. The van der Waals surface area contributed by atoms with Crippen molar-refractivity contribution in [1.82, 2.24) is 0 Å². The standard InChI is InChI=1S/C15H20O5Si/c1-17-21(3,18-2)10-4-9-19-13-7-5-12-6-8-15(16)20-14(12)11-13/h5-8,11H,4,9-10H2,1-3H3. The van der Waals surface area contributed by atoms with Crippen molar-refractivity contribution in [2.45, 2.75) is 19.0 Å². The fourth-order valence-electron chi connectivity index (χ4n) is 2.00. The summed E-state index contributed by atoms with van der Waals surface area (Å²) in [6, 6.07) is 9.48. The van der Waals surface area contributed by atoms with Gasteiger partial charge in [0.1, 0.15) is 11.3 Å². The molecule has 0 bridgehead atoms. The highest BCUT2D eigenvalue weighted by Gasteiger charge is 2.27. The Morgan fingerprint density at radius 3 is 2.57 bits per heavy atom. The molecule has 21 heavy (non-hydrogen) atoms. The average molecular weight is 308 g/mol. The van der Waals surface area contributed by atoms with Gasteiger partial charge in [-0.15, -0.1) is 0 Å². The molecule has 1 heterocycles. The summed E-state index contributed by atoms with van der Waals surface area (Å²) in [5, 5.41) is 0.876. The fraction of sp³-hybridized carbons (Fsp3) is 0.400. The molecule has 5 nitrogen and oxygen atoms in total. The van der Waals surface area contributed by atoms with E-state index in [1.54, 1.807) is 26.4 Å². The van der Waals surface area contributed by atoms with Crippen molar-refractivity contribution in [2.75, 3.05) is 20.8 Å². The van der Waals surface area contributed by atoms with Gasteiger partial charge in [-0.2, -0.15) is 0 Å². The molecule has 0 amide bonds. The Bertz CT molecular complexity index is 648. The molecule has 0 spiro atoms. The van der Waals surface area contributed by atoms with Crippen molar-refractivity contribution in [3.8, 4) is 5.75 Å². The van der Waals surface area contributed by atoms with E-state index in [9.17, 15) is 4.79 Å². The van der Waals surface area contributed by atoms with Crippen molar-refractivity contribution in [3.05, 3.63) is 40.8 Å². The first-order chi connectivity index (χ1) is 10.1. The topological polar surface area (TPSA) is 57.9 Å². The van der Waals surface area contributed by atoms with Crippen LogP contribution in [0.1, 0.15) is 6.42 Å². The predicted octanol–water partition coefficient (Wildman–Crippen LogP) is 2.93. The van der Waals surface area contributed by atoms with Crippen LogP contribution in [0.4, 0.5) is 0 Å². The first-order valence-electron chi connectivity index (χ1n) is 6.83. The molecule has 0 atom stereocenters. The molecule has 2 aromatic rings. The molecule has 1 aromatic heterocycles. The van der Waals surface area contributed by atoms with Crippen LogP contribution in [0.2, 0.25) is 12.6 Å². The molecule has 0 unspecified atom stereocenters. The molecule has 0 saturated carbocycles. The van der Waals surface area contributed by atoms with Gasteiger partial charge in [-0.05, 0) is 37.2 Å². The first-order valence-corrected chi connectivity index (χ1v) is 9.36. The lowest BCUT2D eigenvalue weighted by Gasteiger charge is -2.22. The minimum atomic E-state index is -2.03. The van der Waals surface area contributed by atoms with Crippen molar-refractivity contribution in [1.29, 1.82) is 0 Å². The van der Waals surface area contributed by atoms with Crippen molar-refractivity contribution in [3.63, 3.8) is 0 Å². The molecule has 0 radical (unpaired) electrons. The van der Waals surface area contributed by atoms with E-state index >= 15 is 0 Å². The lowest BCUT2D eigenvalue weighted by molar-refractivity contribution is 0.241. The third-order valence-electron chi connectivity index (χ3n) is 3.50. The van der Waals surface area contributed by atoms with Gasteiger partial charge in [-0.25, -0.2) is 4.79 Å². The molecule has 0 aliphatic carbocycles. The summed E-state index contributed by atoms with van der Waals surface area (Å²) in [5.74, 6) is 0.690. The third kappa shape index (κ3) is 4.17. The molecule has 114 valence electrons. The number of hydrogen-bond donors (Lipinski definition) is 0. The van der Waals surface area contributed by atoms with E-state index in [1.165, 1.54) is 6.07 Å². The predicted molar refractivity (Wildman–Crippen MR) is 83.0 cm³/mol. The zero-order valence-electron chi connectivity index (χ0n) is 12.5. The quantitative estimate of drug-likeness (QED) is 0.447. The maximum atomic E-state index is 11.2. The SMILES string of the molecule is CO[Si](C)(CCCOc1ccc2ccc(=O)oc2c1)OC. The molecular weight excluding hydrogens is 288 g/mol. The van der Waals surface area contributed by atoms with Gasteiger partial charge in [-0.1, -0.05) is 0 Å². The lowest BCUT2D eigenvalue weighted by atomic mass is 10.2. The van der Waals surface area contributed by atoms with Gasteiger partial charge < -0.3 is 18.0 Å². The van der Waals surface area contributed by atoms with Crippen LogP contribution in [0.5, 0.6) is 5.75 Å². The lowest BCUT2D eigenvalue weighted by Crippen LogP contribution is -2.36. The molecule has 0 aliphatic rings. The van der Waals surface area contributed by atoms with Crippen molar-refractivity contribution in [2.24, 2.45) is 0 Å². The molecule has 1 aromatic carbocycles. The zero-order valence-corrected chi connectivity index (χ0v) is 13.5. The normalized spacial score (nSPS) is 11.8. The van der Waals surface area contributed by atoms with Crippen LogP contribution in [0.15, 0.2) is 39.5 Å². The van der Waals surface area contributed by atoms with Gasteiger partial charge in [-0.3, -0.25) is 0 Å². The number of benzene rings is 1. The van der Waals surface area contributed by atoms with Crippen LogP contribution in [-0.2, 0) is 8.85 Å². The van der Waals surface area contributed by atoms with Gasteiger partial charge in [0.2, 0.25) is 0 Å². The second kappa shape index (κ2) is 6.88. The molecule has 0 saturated heterocycles. The van der Waals surface area contributed by atoms with E-state index < -0.39 is 8.56 Å². The van der Waals surface area contributed by atoms with Crippen molar-refractivity contribution >= 4 is 19.5 Å². The largest absolute Gasteiger partial charge is 0.493 e. The Hall–Kier alpha value is -1.63. The Labute approximate surface area is 124 Å². The van der Waals surface area contributed by atoms with Crippen LogP contribution in [-0.4, -0.2) is 29.4 Å². The Morgan fingerprint density at radius 2 is 1.86 bits per heavy atom. The molecule has 0 fully saturated rings. The minimum absolute atomic E-state index is 0.360. The zero-order chi connectivity index (χ0) is 15.3. The smallest absolute Gasteiger partial charge is 0.336 e. The van der Waals surface area contributed by atoms with Gasteiger partial charge in [0, 0.05) is 31.7 Å². The summed E-state index contributed by atoms with van der Waals surface area (Å²) >= 11 is 0. The Morgan fingerprint density at radius 1 is 1.14 bits per heavy atom. The number of ether oxygens (including phenoxy) is 1. The number of fused-ring (bicyclic) bond motifs is 1. The monoisotopic (exact) mass is 308 g/mol. The molecular formula is C15H20O5Si. The fourth-order valence-corrected chi connectivity index (χ4v) is 3.36. The average Bonchev–Trinajstić information content (AvgIpc) is 2.51. The highest BCUT2D eigenvalue weighted by atomic mass is 28.4. The van der Waals surface area contributed by atoms with Gasteiger partial charge in [0.25, 0.3) is 0 Å². The highest BCUT2D eigenvalue weighted by molar-refractivity contribution is 6.65. The summed E-state index contributed by atoms with van der Waals surface area (Å²) < 4.78 is 21.7. The van der Waals surface area contributed by atoms with Gasteiger partial charge in [0.15, 0.2) is 0 Å². The first kappa shape index (κ1) is 15.8. The number of hydrogen-bond acceptors (Lipinski definition) is 5. The maximum absolute atomic E-state index is 11.2. The van der Waals surface area contributed by atoms with E-state index in [4.69, 9.17) is 18.0 Å². The molecule has 0 N–H and O–H groups in total.